The van der Waals surface area contributed by atoms with Crippen LogP contribution in [-0.4, -0.2) is 33.5 Å². The van der Waals surface area contributed by atoms with Crippen LogP contribution in [-0.2, 0) is 11.3 Å². The molecule has 2 heterocycles. The van der Waals surface area contributed by atoms with Crippen LogP contribution in [0.2, 0.25) is 0 Å². The molecule has 1 aliphatic rings. The third-order valence-corrected chi connectivity index (χ3v) is 5.77. The molecule has 4 rings (SSSR count). The van der Waals surface area contributed by atoms with Gasteiger partial charge in [-0.3, -0.25) is 4.79 Å². The van der Waals surface area contributed by atoms with Gasteiger partial charge in [0.25, 0.3) is 0 Å². The molecule has 0 N–H and O–H groups in total. The first-order valence-corrected chi connectivity index (χ1v) is 10.5. The minimum Gasteiger partial charge on any atom is -0.491 e. The molecule has 1 aromatic heterocycles. The van der Waals surface area contributed by atoms with E-state index in [0.717, 1.165) is 47.6 Å². The van der Waals surface area contributed by atoms with Gasteiger partial charge in [-0.2, -0.15) is 0 Å². The maximum atomic E-state index is 12.5. The fourth-order valence-corrected chi connectivity index (χ4v) is 4.23. The molecule has 0 bridgehead atoms. The number of carbonyl (C=O) groups excluding carboxylic acids is 1. The molecule has 152 valence electrons. The second kappa shape index (κ2) is 8.27. The normalized spacial score (nSPS) is 16.5. The van der Waals surface area contributed by atoms with E-state index in [2.05, 4.69) is 42.7 Å². The van der Waals surface area contributed by atoms with Crippen molar-refractivity contribution < 1.29 is 9.53 Å². The highest BCUT2D eigenvalue weighted by Gasteiger charge is 2.32. The van der Waals surface area contributed by atoms with Crippen LogP contribution in [0.5, 0.6) is 5.75 Å². The average molecular weight is 392 g/mol. The van der Waals surface area contributed by atoms with Gasteiger partial charge in [-0.05, 0) is 56.0 Å². The largest absolute Gasteiger partial charge is 0.491 e. The van der Waals surface area contributed by atoms with E-state index in [-0.39, 0.29) is 11.9 Å². The van der Waals surface area contributed by atoms with Gasteiger partial charge in [0, 0.05) is 13.0 Å². The Balaban J connectivity index is 1.62. The van der Waals surface area contributed by atoms with E-state index >= 15 is 0 Å². The molecule has 3 aromatic rings. The summed E-state index contributed by atoms with van der Waals surface area (Å²) in [6.07, 6.45) is 2.53. The summed E-state index contributed by atoms with van der Waals surface area (Å²) >= 11 is 0. The summed E-state index contributed by atoms with van der Waals surface area (Å²) in [4.78, 5) is 19.4. The van der Waals surface area contributed by atoms with Gasteiger partial charge in [0.15, 0.2) is 0 Å². The number of rotatable bonds is 6. The maximum absolute atomic E-state index is 12.5. The van der Waals surface area contributed by atoms with E-state index < -0.39 is 0 Å². The van der Waals surface area contributed by atoms with Crippen molar-refractivity contribution >= 4 is 16.9 Å². The fraction of sp³-hybridized carbons (Fsp3) is 0.417. The fourth-order valence-electron chi connectivity index (χ4n) is 4.23. The zero-order valence-corrected chi connectivity index (χ0v) is 17.5. The molecule has 1 saturated heterocycles. The van der Waals surface area contributed by atoms with Gasteiger partial charge in [-0.1, -0.05) is 31.2 Å². The van der Waals surface area contributed by atoms with E-state index in [1.807, 2.05) is 30.0 Å². The number of benzene rings is 2. The molecule has 0 saturated carbocycles. The van der Waals surface area contributed by atoms with Gasteiger partial charge >= 0.3 is 0 Å². The molecule has 1 amide bonds. The topological polar surface area (TPSA) is 47.4 Å². The third-order valence-electron chi connectivity index (χ3n) is 5.77. The molecular weight excluding hydrogens is 362 g/mol. The Labute approximate surface area is 172 Å². The molecule has 1 aliphatic heterocycles. The molecule has 1 fully saturated rings. The molecular formula is C24H29N3O2. The lowest BCUT2D eigenvalue weighted by molar-refractivity contribution is -0.131. The van der Waals surface area contributed by atoms with Crippen molar-refractivity contribution in [3.05, 3.63) is 59.4 Å². The van der Waals surface area contributed by atoms with Crippen molar-refractivity contribution in [2.45, 2.75) is 52.6 Å². The van der Waals surface area contributed by atoms with Gasteiger partial charge in [0.1, 0.15) is 18.2 Å². The highest BCUT2D eigenvalue weighted by atomic mass is 16.5. The third kappa shape index (κ3) is 3.86. The van der Waals surface area contributed by atoms with E-state index in [0.29, 0.717) is 19.6 Å². The van der Waals surface area contributed by atoms with Crippen LogP contribution in [0.15, 0.2) is 42.5 Å². The van der Waals surface area contributed by atoms with Gasteiger partial charge < -0.3 is 14.2 Å². The maximum Gasteiger partial charge on any atom is 0.222 e. The number of aryl methyl sites for hydroxylation is 2. The first kappa shape index (κ1) is 19.5. The number of carbonyl (C=O) groups is 1. The molecule has 29 heavy (non-hydrogen) atoms. The standard InChI is InChI=1S/C24H29N3O2/c1-4-23(28)26-13-7-10-21(26)24-25-19-8-5-6-9-20(19)27(24)14-15-29-22-16-17(2)11-12-18(22)3/h5-6,8-9,11-12,16,21H,4,7,10,13-15H2,1-3H3. The number of fused-ring (bicyclic) bond motifs is 1. The number of hydrogen-bond acceptors (Lipinski definition) is 3. The average Bonchev–Trinajstić information content (AvgIpc) is 3.35. The molecule has 5 nitrogen and oxygen atoms in total. The number of para-hydroxylation sites is 2. The second-order valence-electron chi connectivity index (χ2n) is 7.83. The first-order valence-electron chi connectivity index (χ1n) is 10.5. The Morgan fingerprint density at radius 1 is 1.21 bits per heavy atom. The Morgan fingerprint density at radius 2 is 2.03 bits per heavy atom. The molecule has 0 spiro atoms. The van der Waals surface area contributed by atoms with Crippen LogP contribution in [0.25, 0.3) is 11.0 Å². The van der Waals surface area contributed by atoms with Crippen LogP contribution >= 0.6 is 0 Å². The van der Waals surface area contributed by atoms with Crippen LogP contribution in [0.1, 0.15) is 49.2 Å². The molecule has 0 aliphatic carbocycles. The highest BCUT2D eigenvalue weighted by Crippen LogP contribution is 2.34. The smallest absolute Gasteiger partial charge is 0.222 e. The summed E-state index contributed by atoms with van der Waals surface area (Å²) in [5, 5.41) is 0. The first-order chi connectivity index (χ1) is 14.1. The zero-order chi connectivity index (χ0) is 20.4. The van der Waals surface area contributed by atoms with Crippen molar-refractivity contribution in [3.63, 3.8) is 0 Å². The lowest BCUT2D eigenvalue weighted by Gasteiger charge is -2.25. The quantitative estimate of drug-likeness (QED) is 0.606. The van der Waals surface area contributed by atoms with E-state index in [1.54, 1.807) is 0 Å². The number of imidazole rings is 1. The van der Waals surface area contributed by atoms with Gasteiger partial charge in [0.05, 0.1) is 23.6 Å². The number of ether oxygens (including phenoxy) is 1. The Kier molecular flexibility index (Phi) is 5.56. The molecule has 1 unspecified atom stereocenters. The SMILES string of the molecule is CCC(=O)N1CCCC1c1nc2ccccc2n1CCOc1cc(C)ccc1C. The Hall–Kier alpha value is -2.82. The summed E-state index contributed by atoms with van der Waals surface area (Å²) < 4.78 is 8.37. The van der Waals surface area contributed by atoms with Crippen LogP contribution in [0.3, 0.4) is 0 Å². The van der Waals surface area contributed by atoms with Gasteiger partial charge in [-0.25, -0.2) is 4.98 Å². The Morgan fingerprint density at radius 3 is 2.86 bits per heavy atom. The summed E-state index contributed by atoms with van der Waals surface area (Å²) in [7, 11) is 0. The molecule has 0 radical (unpaired) electrons. The van der Waals surface area contributed by atoms with E-state index in [1.165, 1.54) is 5.56 Å². The number of amides is 1. The molecule has 1 atom stereocenters. The van der Waals surface area contributed by atoms with E-state index in [4.69, 9.17) is 9.72 Å². The summed E-state index contributed by atoms with van der Waals surface area (Å²) in [6.45, 7) is 8.16. The molecule has 5 heteroatoms. The van der Waals surface area contributed by atoms with Crippen molar-refractivity contribution in [2.75, 3.05) is 13.2 Å². The van der Waals surface area contributed by atoms with Crippen LogP contribution in [0, 0.1) is 13.8 Å². The lowest BCUT2D eigenvalue weighted by atomic mass is 10.1. The minimum absolute atomic E-state index is 0.0514. The van der Waals surface area contributed by atoms with Gasteiger partial charge in [-0.15, -0.1) is 0 Å². The number of aromatic nitrogens is 2. The Bertz CT molecular complexity index is 1020. The minimum atomic E-state index is 0.0514. The van der Waals surface area contributed by atoms with Crippen molar-refractivity contribution in [1.29, 1.82) is 0 Å². The summed E-state index contributed by atoms with van der Waals surface area (Å²) in [6, 6.07) is 14.5. The molecule has 2 aromatic carbocycles. The summed E-state index contributed by atoms with van der Waals surface area (Å²) in [5.41, 5.74) is 4.41. The number of nitrogens with zero attached hydrogens (tertiary/aromatic N) is 3. The lowest BCUT2D eigenvalue weighted by Crippen LogP contribution is -2.31. The van der Waals surface area contributed by atoms with Crippen molar-refractivity contribution in [3.8, 4) is 5.75 Å². The monoisotopic (exact) mass is 391 g/mol. The predicted molar refractivity (Wildman–Crippen MR) is 115 cm³/mol. The van der Waals surface area contributed by atoms with Crippen LogP contribution < -0.4 is 4.74 Å². The van der Waals surface area contributed by atoms with Crippen molar-refractivity contribution in [2.24, 2.45) is 0 Å². The summed E-state index contributed by atoms with van der Waals surface area (Å²) in [5.74, 6) is 2.12. The van der Waals surface area contributed by atoms with Crippen molar-refractivity contribution in [1.82, 2.24) is 14.5 Å². The number of likely N-dealkylation sites (tertiary alicyclic amines) is 1. The highest BCUT2D eigenvalue weighted by molar-refractivity contribution is 5.78. The van der Waals surface area contributed by atoms with E-state index in [9.17, 15) is 4.79 Å². The predicted octanol–water partition coefficient (Wildman–Crippen LogP) is 4.81. The number of hydrogen-bond donors (Lipinski definition) is 0. The van der Waals surface area contributed by atoms with Crippen LogP contribution in [0.4, 0.5) is 0 Å². The van der Waals surface area contributed by atoms with Gasteiger partial charge in [0.2, 0.25) is 5.91 Å². The second-order valence-corrected chi connectivity index (χ2v) is 7.83. The zero-order valence-electron chi connectivity index (χ0n) is 17.5.